The minimum atomic E-state index is -3.59. The molecule has 1 aliphatic heterocycles. The highest BCUT2D eigenvalue weighted by molar-refractivity contribution is 7.92. The number of piperazine rings is 1. The van der Waals surface area contributed by atoms with Crippen LogP contribution in [-0.4, -0.2) is 57.7 Å². The Morgan fingerprint density at radius 2 is 1.54 bits per heavy atom. The van der Waals surface area contributed by atoms with Gasteiger partial charge in [0.2, 0.25) is 15.9 Å². The molecule has 1 saturated heterocycles. The second-order valence-electron chi connectivity index (χ2n) is 7.22. The van der Waals surface area contributed by atoms with Crippen LogP contribution in [0.2, 0.25) is 0 Å². The van der Waals surface area contributed by atoms with Crippen LogP contribution in [0.5, 0.6) is 0 Å². The van der Waals surface area contributed by atoms with Gasteiger partial charge in [0, 0.05) is 31.9 Å². The summed E-state index contributed by atoms with van der Waals surface area (Å²) in [4.78, 5) is 17.1. The van der Waals surface area contributed by atoms with Gasteiger partial charge in [0.1, 0.15) is 6.04 Å². The van der Waals surface area contributed by atoms with Gasteiger partial charge in [-0.15, -0.1) is 0 Å². The van der Waals surface area contributed by atoms with Crippen LogP contribution >= 0.6 is 0 Å². The van der Waals surface area contributed by atoms with Crippen molar-refractivity contribution in [2.45, 2.75) is 19.9 Å². The van der Waals surface area contributed by atoms with E-state index in [1.54, 1.807) is 24.0 Å². The number of aryl methyl sites for hydroxylation is 1. The third kappa shape index (κ3) is 4.47. The highest BCUT2D eigenvalue weighted by atomic mass is 32.2. The Morgan fingerprint density at radius 3 is 2.07 bits per heavy atom. The Hall–Kier alpha value is -2.54. The van der Waals surface area contributed by atoms with E-state index in [-0.39, 0.29) is 5.91 Å². The molecule has 0 radical (unpaired) electrons. The number of benzene rings is 2. The zero-order valence-corrected chi connectivity index (χ0v) is 17.4. The van der Waals surface area contributed by atoms with Crippen molar-refractivity contribution in [3.63, 3.8) is 0 Å². The fourth-order valence-electron chi connectivity index (χ4n) is 3.58. The fraction of sp³-hybridized carbons (Fsp3) is 0.381. The summed E-state index contributed by atoms with van der Waals surface area (Å²) in [6.07, 6.45) is 1.14. The van der Waals surface area contributed by atoms with Crippen LogP contribution in [-0.2, 0) is 14.8 Å². The Morgan fingerprint density at radius 1 is 0.964 bits per heavy atom. The molecule has 0 N–H and O–H groups in total. The van der Waals surface area contributed by atoms with Gasteiger partial charge in [-0.05, 0) is 38.1 Å². The Bertz CT molecular complexity index is 906. The molecule has 150 valence electrons. The quantitative estimate of drug-likeness (QED) is 0.772. The number of rotatable bonds is 5. The lowest BCUT2D eigenvalue weighted by Crippen LogP contribution is -2.55. The summed E-state index contributed by atoms with van der Waals surface area (Å²) in [5, 5.41) is 0. The van der Waals surface area contributed by atoms with Crippen LogP contribution in [0.25, 0.3) is 0 Å². The zero-order valence-electron chi connectivity index (χ0n) is 16.6. The first-order valence-corrected chi connectivity index (χ1v) is 11.3. The number of sulfonamides is 1. The average Bonchev–Trinajstić information content (AvgIpc) is 2.69. The Kier molecular flexibility index (Phi) is 5.93. The van der Waals surface area contributed by atoms with Gasteiger partial charge in [0.15, 0.2) is 0 Å². The molecule has 1 amide bonds. The van der Waals surface area contributed by atoms with Gasteiger partial charge in [-0.1, -0.05) is 35.9 Å². The lowest BCUT2D eigenvalue weighted by molar-refractivity contribution is -0.132. The van der Waals surface area contributed by atoms with Crippen molar-refractivity contribution in [1.29, 1.82) is 0 Å². The summed E-state index contributed by atoms with van der Waals surface area (Å²) in [7, 11) is -3.59. The van der Waals surface area contributed by atoms with Crippen LogP contribution in [0, 0.1) is 6.92 Å². The number of carbonyl (C=O) groups excluding carboxylic acids is 1. The number of anilines is 2. The average molecular weight is 402 g/mol. The van der Waals surface area contributed by atoms with Crippen molar-refractivity contribution < 1.29 is 13.2 Å². The zero-order chi connectivity index (χ0) is 20.3. The van der Waals surface area contributed by atoms with E-state index in [9.17, 15) is 13.2 Å². The van der Waals surface area contributed by atoms with Gasteiger partial charge in [0.05, 0.1) is 11.9 Å². The van der Waals surface area contributed by atoms with Crippen LogP contribution < -0.4 is 9.21 Å². The van der Waals surface area contributed by atoms with E-state index in [0.29, 0.717) is 18.8 Å². The normalized spacial score (nSPS) is 16.0. The van der Waals surface area contributed by atoms with E-state index < -0.39 is 16.1 Å². The van der Waals surface area contributed by atoms with Gasteiger partial charge >= 0.3 is 0 Å². The monoisotopic (exact) mass is 401 g/mol. The molecule has 1 heterocycles. The summed E-state index contributed by atoms with van der Waals surface area (Å²) in [6, 6.07) is 16.5. The van der Waals surface area contributed by atoms with Crippen LogP contribution in [0.1, 0.15) is 12.5 Å². The van der Waals surface area contributed by atoms with Crippen molar-refractivity contribution in [2.75, 3.05) is 41.6 Å². The van der Waals surface area contributed by atoms with E-state index in [0.717, 1.165) is 30.6 Å². The first-order chi connectivity index (χ1) is 13.3. The van der Waals surface area contributed by atoms with Gasteiger partial charge in [-0.25, -0.2) is 8.42 Å². The molecule has 1 aliphatic rings. The minimum absolute atomic E-state index is 0.168. The lowest BCUT2D eigenvalue weighted by Gasteiger charge is -2.39. The topological polar surface area (TPSA) is 60.9 Å². The van der Waals surface area contributed by atoms with E-state index in [1.165, 1.54) is 4.31 Å². The molecule has 6 nitrogen and oxygen atoms in total. The number of hydrogen-bond acceptors (Lipinski definition) is 4. The molecular weight excluding hydrogens is 374 g/mol. The number of carbonyl (C=O) groups is 1. The molecule has 3 rings (SSSR count). The van der Waals surface area contributed by atoms with E-state index in [2.05, 4.69) is 17.0 Å². The van der Waals surface area contributed by atoms with E-state index in [4.69, 9.17) is 0 Å². The van der Waals surface area contributed by atoms with Gasteiger partial charge in [-0.3, -0.25) is 9.10 Å². The van der Waals surface area contributed by atoms with Crippen LogP contribution in [0.4, 0.5) is 11.4 Å². The van der Waals surface area contributed by atoms with E-state index in [1.807, 2.05) is 37.3 Å². The predicted octanol–water partition coefficient (Wildman–Crippen LogP) is 2.50. The number of para-hydroxylation sites is 1. The van der Waals surface area contributed by atoms with Crippen molar-refractivity contribution >= 4 is 27.3 Å². The van der Waals surface area contributed by atoms with Crippen molar-refractivity contribution in [3.05, 3.63) is 60.2 Å². The summed E-state index contributed by atoms with van der Waals surface area (Å²) in [6.45, 7) is 6.20. The first-order valence-electron chi connectivity index (χ1n) is 9.42. The Balaban J connectivity index is 1.73. The van der Waals surface area contributed by atoms with E-state index >= 15 is 0 Å². The lowest BCUT2D eigenvalue weighted by atomic mass is 10.2. The molecule has 28 heavy (non-hydrogen) atoms. The smallest absolute Gasteiger partial charge is 0.246 e. The maximum Gasteiger partial charge on any atom is 0.246 e. The SMILES string of the molecule is Cc1ccc(N(C(C)C(=O)N2CCN(c3ccccc3)CC2)S(C)(=O)=O)cc1. The van der Waals surface area contributed by atoms with Gasteiger partial charge < -0.3 is 9.80 Å². The molecule has 1 unspecified atom stereocenters. The molecule has 2 aromatic rings. The molecule has 0 spiro atoms. The maximum atomic E-state index is 13.1. The molecule has 7 heteroatoms. The predicted molar refractivity (Wildman–Crippen MR) is 113 cm³/mol. The molecule has 0 aromatic heterocycles. The molecule has 0 saturated carbocycles. The fourth-order valence-corrected chi connectivity index (χ4v) is 4.75. The standard InChI is InChI=1S/C21H27N3O3S/c1-17-9-11-20(12-10-17)24(28(3,26)27)18(2)21(25)23-15-13-22(14-16-23)19-7-5-4-6-8-19/h4-12,18H,13-16H2,1-3H3. The highest BCUT2D eigenvalue weighted by Gasteiger charge is 2.33. The first kappa shape index (κ1) is 20.2. The molecule has 2 aromatic carbocycles. The molecule has 0 bridgehead atoms. The largest absolute Gasteiger partial charge is 0.368 e. The minimum Gasteiger partial charge on any atom is -0.368 e. The van der Waals surface area contributed by atoms with Crippen LogP contribution in [0.15, 0.2) is 54.6 Å². The second kappa shape index (κ2) is 8.22. The molecular formula is C21H27N3O3S. The summed E-state index contributed by atoms with van der Waals surface area (Å²) >= 11 is 0. The third-order valence-electron chi connectivity index (χ3n) is 5.07. The number of hydrogen-bond donors (Lipinski definition) is 0. The second-order valence-corrected chi connectivity index (χ2v) is 9.08. The molecule has 1 fully saturated rings. The Labute approximate surface area is 167 Å². The van der Waals surface area contributed by atoms with Crippen molar-refractivity contribution in [2.24, 2.45) is 0 Å². The molecule has 0 aliphatic carbocycles. The van der Waals surface area contributed by atoms with Crippen molar-refractivity contribution in [1.82, 2.24) is 4.90 Å². The number of nitrogens with zero attached hydrogens (tertiary/aromatic N) is 3. The van der Waals surface area contributed by atoms with Crippen LogP contribution in [0.3, 0.4) is 0 Å². The summed E-state index contributed by atoms with van der Waals surface area (Å²) < 4.78 is 26.1. The highest BCUT2D eigenvalue weighted by Crippen LogP contribution is 2.23. The van der Waals surface area contributed by atoms with Gasteiger partial charge in [-0.2, -0.15) is 0 Å². The summed E-state index contributed by atoms with van der Waals surface area (Å²) in [5.74, 6) is -0.168. The van der Waals surface area contributed by atoms with Gasteiger partial charge in [0.25, 0.3) is 0 Å². The third-order valence-corrected chi connectivity index (χ3v) is 6.31. The van der Waals surface area contributed by atoms with Crippen molar-refractivity contribution in [3.8, 4) is 0 Å². The maximum absolute atomic E-state index is 13.1. The summed E-state index contributed by atoms with van der Waals surface area (Å²) in [5.41, 5.74) is 2.69. The molecule has 1 atom stereocenters. The number of amides is 1.